The minimum atomic E-state index is 0.642. The molecule has 0 radical (unpaired) electrons. The molecule has 1 aliphatic heterocycles. The molecule has 0 amide bonds. The highest BCUT2D eigenvalue weighted by atomic mass is 16.5. The third-order valence-electron chi connectivity index (χ3n) is 3.13. The van der Waals surface area contributed by atoms with Gasteiger partial charge in [-0.15, -0.1) is 0 Å². The second kappa shape index (κ2) is 2.54. The fourth-order valence-electron chi connectivity index (χ4n) is 2.45. The van der Waals surface area contributed by atoms with E-state index in [0.29, 0.717) is 6.10 Å². The van der Waals surface area contributed by atoms with Crippen LogP contribution in [0.5, 0.6) is 0 Å². The second-order valence-electron chi connectivity index (χ2n) is 3.77. The summed E-state index contributed by atoms with van der Waals surface area (Å²) in [5, 5.41) is 0. The van der Waals surface area contributed by atoms with E-state index in [9.17, 15) is 0 Å². The lowest BCUT2D eigenvalue weighted by Gasteiger charge is -2.27. The van der Waals surface area contributed by atoms with Crippen molar-refractivity contribution in [3.63, 3.8) is 0 Å². The van der Waals surface area contributed by atoms with Crippen LogP contribution in [0.25, 0.3) is 0 Å². The molecule has 3 atom stereocenters. The SMILES string of the molecule is C[C@@H]1CC[C@@H]2OCCC[C@H]12. The summed E-state index contributed by atoms with van der Waals surface area (Å²) in [5.41, 5.74) is 0. The largest absolute Gasteiger partial charge is 0.378 e. The predicted molar refractivity (Wildman–Crippen MR) is 40.9 cm³/mol. The van der Waals surface area contributed by atoms with E-state index in [1.54, 1.807) is 0 Å². The van der Waals surface area contributed by atoms with Crippen LogP contribution in [0.4, 0.5) is 0 Å². The zero-order valence-electron chi connectivity index (χ0n) is 6.68. The molecule has 2 rings (SSSR count). The third kappa shape index (κ3) is 0.968. The molecule has 0 aromatic heterocycles. The Kier molecular flexibility index (Phi) is 1.69. The maximum absolute atomic E-state index is 5.67. The van der Waals surface area contributed by atoms with Crippen LogP contribution in [0.15, 0.2) is 0 Å². The molecule has 1 saturated carbocycles. The Balaban J connectivity index is 2.01. The average molecular weight is 140 g/mol. The van der Waals surface area contributed by atoms with Crippen molar-refractivity contribution >= 4 is 0 Å². The summed E-state index contributed by atoms with van der Waals surface area (Å²) in [7, 11) is 0. The molecule has 1 nitrogen and oxygen atoms in total. The molecule has 0 spiro atoms. The van der Waals surface area contributed by atoms with Gasteiger partial charge in [0.2, 0.25) is 0 Å². The maximum atomic E-state index is 5.67. The highest BCUT2D eigenvalue weighted by molar-refractivity contribution is 4.85. The zero-order valence-corrected chi connectivity index (χ0v) is 6.68. The molecule has 1 saturated heterocycles. The van der Waals surface area contributed by atoms with E-state index in [2.05, 4.69) is 6.92 Å². The monoisotopic (exact) mass is 140 g/mol. The van der Waals surface area contributed by atoms with Crippen LogP contribution < -0.4 is 0 Å². The summed E-state index contributed by atoms with van der Waals surface area (Å²) >= 11 is 0. The summed E-state index contributed by atoms with van der Waals surface area (Å²) in [6.45, 7) is 3.40. The Hall–Kier alpha value is -0.0400. The molecule has 10 heavy (non-hydrogen) atoms. The van der Waals surface area contributed by atoms with Crippen LogP contribution >= 0.6 is 0 Å². The molecule has 2 fully saturated rings. The van der Waals surface area contributed by atoms with Crippen LogP contribution in [-0.2, 0) is 4.74 Å². The predicted octanol–water partition coefficient (Wildman–Crippen LogP) is 2.21. The number of ether oxygens (including phenoxy) is 1. The summed E-state index contributed by atoms with van der Waals surface area (Å²) in [6, 6.07) is 0. The number of hydrogen-bond donors (Lipinski definition) is 0. The lowest BCUT2D eigenvalue weighted by molar-refractivity contribution is -0.0171. The van der Waals surface area contributed by atoms with Gasteiger partial charge >= 0.3 is 0 Å². The standard InChI is InChI=1S/C9H16O/c1-7-4-5-9-8(7)3-2-6-10-9/h7-9H,2-6H2,1H3/t7-,8-,9+/m1/s1. The van der Waals surface area contributed by atoms with Crippen molar-refractivity contribution in [3.05, 3.63) is 0 Å². The van der Waals surface area contributed by atoms with E-state index in [-0.39, 0.29) is 0 Å². The summed E-state index contributed by atoms with van der Waals surface area (Å²) in [4.78, 5) is 0. The minimum Gasteiger partial charge on any atom is -0.378 e. The average Bonchev–Trinajstić information content (AvgIpc) is 2.34. The quantitative estimate of drug-likeness (QED) is 0.501. The van der Waals surface area contributed by atoms with Crippen molar-refractivity contribution in [1.29, 1.82) is 0 Å². The summed E-state index contributed by atoms with van der Waals surface area (Å²) < 4.78 is 5.67. The highest BCUT2D eigenvalue weighted by Gasteiger charge is 2.35. The first-order chi connectivity index (χ1) is 4.88. The van der Waals surface area contributed by atoms with Crippen LogP contribution in [0.3, 0.4) is 0 Å². The lowest BCUT2D eigenvalue weighted by Crippen LogP contribution is -2.26. The molecule has 2 aliphatic rings. The molecule has 1 heterocycles. The first-order valence-corrected chi connectivity index (χ1v) is 4.49. The van der Waals surface area contributed by atoms with Gasteiger partial charge in [-0.2, -0.15) is 0 Å². The van der Waals surface area contributed by atoms with Crippen LogP contribution in [-0.4, -0.2) is 12.7 Å². The Morgan fingerprint density at radius 3 is 2.90 bits per heavy atom. The van der Waals surface area contributed by atoms with Gasteiger partial charge in [-0.25, -0.2) is 0 Å². The Morgan fingerprint density at radius 1 is 1.20 bits per heavy atom. The molecular formula is C9H16O. The fraction of sp³-hybridized carbons (Fsp3) is 1.00. The van der Waals surface area contributed by atoms with E-state index in [4.69, 9.17) is 4.74 Å². The first-order valence-electron chi connectivity index (χ1n) is 4.49. The molecule has 58 valence electrons. The van der Waals surface area contributed by atoms with Gasteiger partial charge < -0.3 is 4.74 Å². The van der Waals surface area contributed by atoms with Crippen LogP contribution in [0.1, 0.15) is 32.6 Å². The van der Waals surface area contributed by atoms with Gasteiger partial charge in [0, 0.05) is 6.61 Å². The number of fused-ring (bicyclic) bond motifs is 1. The van der Waals surface area contributed by atoms with Crippen molar-refractivity contribution in [3.8, 4) is 0 Å². The van der Waals surface area contributed by atoms with E-state index in [1.807, 2.05) is 0 Å². The van der Waals surface area contributed by atoms with Gasteiger partial charge in [-0.3, -0.25) is 0 Å². The highest BCUT2D eigenvalue weighted by Crippen LogP contribution is 2.39. The minimum absolute atomic E-state index is 0.642. The van der Waals surface area contributed by atoms with E-state index < -0.39 is 0 Å². The second-order valence-corrected chi connectivity index (χ2v) is 3.77. The van der Waals surface area contributed by atoms with Crippen molar-refractivity contribution in [1.82, 2.24) is 0 Å². The summed E-state index contributed by atoms with van der Waals surface area (Å²) in [6.07, 6.45) is 6.09. The van der Waals surface area contributed by atoms with Crippen molar-refractivity contribution in [2.45, 2.75) is 38.7 Å². The molecule has 1 aliphatic carbocycles. The van der Waals surface area contributed by atoms with Crippen LogP contribution in [0.2, 0.25) is 0 Å². The van der Waals surface area contributed by atoms with Gasteiger partial charge in [0.05, 0.1) is 6.10 Å². The van der Waals surface area contributed by atoms with Crippen molar-refractivity contribution in [2.24, 2.45) is 11.8 Å². The molecule has 0 unspecified atom stereocenters. The van der Waals surface area contributed by atoms with Crippen molar-refractivity contribution < 1.29 is 4.74 Å². The molecule has 0 aromatic rings. The molecule has 0 N–H and O–H groups in total. The number of hydrogen-bond acceptors (Lipinski definition) is 1. The maximum Gasteiger partial charge on any atom is 0.0605 e. The normalized spacial score (nSPS) is 47.1. The Morgan fingerprint density at radius 2 is 2.10 bits per heavy atom. The third-order valence-corrected chi connectivity index (χ3v) is 3.13. The van der Waals surface area contributed by atoms with E-state index >= 15 is 0 Å². The molecular weight excluding hydrogens is 124 g/mol. The topological polar surface area (TPSA) is 9.23 Å². The first kappa shape index (κ1) is 6.66. The van der Waals surface area contributed by atoms with E-state index in [1.165, 1.54) is 25.7 Å². The Labute approximate surface area is 62.8 Å². The van der Waals surface area contributed by atoms with Gasteiger partial charge in [-0.05, 0) is 37.5 Å². The van der Waals surface area contributed by atoms with Gasteiger partial charge in [0.1, 0.15) is 0 Å². The van der Waals surface area contributed by atoms with E-state index in [0.717, 1.165) is 18.4 Å². The molecule has 1 heteroatoms. The molecule has 0 bridgehead atoms. The fourth-order valence-corrected chi connectivity index (χ4v) is 2.45. The van der Waals surface area contributed by atoms with Crippen LogP contribution in [0, 0.1) is 11.8 Å². The lowest BCUT2D eigenvalue weighted by atomic mass is 9.90. The summed E-state index contributed by atoms with van der Waals surface area (Å²) in [5.74, 6) is 1.85. The Bertz CT molecular complexity index is 120. The van der Waals surface area contributed by atoms with Gasteiger partial charge in [0.25, 0.3) is 0 Å². The van der Waals surface area contributed by atoms with Crippen molar-refractivity contribution in [2.75, 3.05) is 6.61 Å². The van der Waals surface area contributed by atoms with Gasteiger partial charge in [0.15, 0.2) is 0 Å². The zero-order chi connectivity index (χ0) is 6.97. The number of rotatable bonds is 0. The van der Waals surface area contributed by atoms with Gasteiger partial charge in [-0.1, -0.05) is 6.92 Å². The molecule has 0 aromatic carbocycles. The smallest absolute Gasteiger partial charge is 0.0605 e.